The zero-order valence-electron chi connectivity index (χ0n) is 14.4. The topological polar surface area (TPSA) is 102 Å². The van der Waals surface area contributed by atoms with Crippen molar-refractivity contribution in [2.75, 3.05) is 33.4 Å². The zero-order chi connectivity index (χ0) is 16.9. The van der Waals surface area contributed by atoms with Crippen LogP contribution in [0.2, 0.25) is 0 Å². The smallest absolute Gasteiger partial charge is 0.240 e. The largest absolute Gasteiger partial charge is 0.384 e. The molecule has 3 heterocycles. The van der Waals surface area contributed by atoms with Crippen LogP contribution in [-0.2, 0) is 22.4 Å². The molecule has 2 aromatic rings. The number of morpholine rings is 1. The number of hydrogen-bond acceptors (Lipinski definition) is 8. The normalized spacial score (nSPS) is 19.2. The quantitative estimate of drug-likeness (QED) is 0.801. The minimum Gasteiger partial charge on any atom is -0.384 e. The molecule has 2 aromatic heterocycles. The Kier molecular flexibility index (Phi) is 5.54. The lowest BCUT2D eigenvalue weighted by molar-refractivity contribution is -0.0396. The van der Waals surface area contributed by atoms with E-state index in [0.717, 1.165) is 18.2 Å². The maximum atomic E-state index is 5.82. The molecule has 1 N–H and O–H groups in total. The Morgan fingerprint density at radius 1 is 1.38 bits per heavy atom. The van der Waals surface area contributed by atoms with Crippen LogP contribution in [0.3, 0.4) is 0 Å². The number of hydrogen-bond donors (Lipinski definition) is 1. The summed E-state index contributed by atoms with van der Waals surface area (Å²) in [6.07, 6.45) is 0.538. The molecule has 1 aliphatic rings. The van der Waals surface area contributed by atoms with Gasteiger partial charge in [-0.25, -0.2) is 4.98 Å². The predicted molar refractivity (Wildman–Crippen MR) is 84.3 cm³/mol. The highest BCUT2D eigenvalue weighted by molar-refractivity contribution is 5.00. The molecule has 0 aliphatic carbocycles. The molecule has 9 nitrogen and oxygen atoms in total. The summed E-state index contributed by atoms with van der Waals surface area (Å²) in [4.78, 5) is 11.1. The van der Waals surface area contributed by atoms with E-state index in [4.69, 9.17) is 14.0 Å². The fourth-order valence-electron chi connectivity index (χ4n) is 2.54. The molecule has 1 atom stereocenters. The molecule has 1 aliphatic heterocycles. The van der Waals surface area contributed by atoms with Gasteiger partial charge in [-0.15, -0.1) is 0 Å². The second-order valence-electron chi connectivity index (χ2n) is 6.18. The molecule has 1 saturated heterocycles. The number of nitrogens with zero attached hydrogens (tertiary/aromatic N) is 5. The molecule has 3 rings (SSSR count). The van der Waals surface area contributed by atoms with Crippen LogP contribution in [0, 0.1) is 0 Å². The first-order valence-corrected chi connectivity index (χ1v) is 8.22. The molecular formula is C15H24N6O3. The first-order chi connectivity index (χ1) is 11.7. The summed E-state index contributed by atoms with van der Waals surface area (Å²) >= 11 is 0. The van der Waals surface area contributed by atoms with Crippen molar-refractivity contribution in [1.29, 1.82) is 0 Å². The third kappa shape index (κ3) is 4.16. The summed E-state index contributed by atoms with van der Waals surface area (Å²) in [5.74, 6) is 3.16. The minimum atomic E-state index is -0.116. The van der Waals surface area contributed by atoms with Crippen molar-refractivity contribution in [2.45, 2.75) is 38.8 Å². The van der Waals surface area contributed by atoms with Gasteiger partial charge in [0.1, 0.15) is 6.10 Å². The van der Waals surface area contributed by atoms with Crippen molar-refractivity contribution in [3.05, 3.63) is 23.4 Å². The van der Waals surface area contributed by atoms with Crippen molar-refractivity contribution in [1.82, 2.24) is 30.2 Å². The SMILES string of the molecule is COCCc1noc(CN2CCOC(c3nc(C(C)C)n[nH]3)C2)n1. The van der Waals surface area contributed by atoms with Gasteiger partial charge in [0.05, 0.1) is 19.8 Å². The molecule has 1 unspecified atom stereocenters. The van der Waals surface area contributed by atoms with Gasteiger partial charge in [-0.3, -0.25) is 10.00 Å². The molecule has 9 heteroatoms. The Labute approximate surface area is 140 Å². The van der Waals surface area contributed by atoms with Crippen LogP contribution in [0.25, 0.3) is 0 Å². The van der Waals surface area contributed by atoms with E-state index in [-0.39, 0.29) is 6.10 Å². The van der Waals surface area contributed by atoms with Gasteiger partial charge in [0.15, 0.2) is 17.5 Å². The van der Waals surface area contributed by atoms with E-state index >= 15 is 0 Å². The standard InChI is InChI=1S/C15H24N6O3/c1-10(2)14-17-15(19-18-14)11-8-21(5-7-23-11)9-13-16-12(20-24-13)4-6-22-3/h10-11H,4-9H2,1-3H3,(H,17,18,19). The van der Waals surface area contributed by atoms with Gasteiger partial charge >= 0.3 is 0 Å². The summed E-state index contributed by atoms with van der Waals surface area (Å²) in [5, 5.41) is 11.2. The van der Waals surface area contributed by atoms with Gasteiger partial charge in [0.25, 0.3) is 0 Å². The van der Waals surface area contributed by atoms with Crippen molar-refractivity contribution in [3.8, 4) is 0 Å². The number of methoxy groups -OCH3 is 1. The van der Waals surface area contributed by atoms with Gasteiger partial charge in [-0.2, -0.15) is 10.1 Å². The lowest BCUT2D eigenvalue weighted by atomic mass is 10.2. The van der Waals surface area contributed by atoms with Crippen LogP contribution in [0.5, 0.6) is 0 Å². The molecule has 0 amide bonds. The fraction of sp³-hybridized carbons (Fsp3) is 0.733. The van der Waals surface area contributed by atoms with Crippen molar-refractivity contribution in [3.63, 3.8) is 0 Å². The fourth-order valence-corrected chi connectivity index (χ4v) is 2.54. The maximum Gasteiger partial charge on any atom is 0.240 e. The minimum absolute atomic E-state index is 0.116. The summed E-state index contributed by atoms with van der Waals surface area (Å²) in [6.45, 7) is 7.48. The van der Waals surface area contributed by atoms with E-state index in [2.05, 4.69) is 44.1 Å². The van der Waals surface area contributed by atoms with Crippen molar-refractivity contribution < 1.29 is 14.0 Å². The summed E-state index contributed by atoms with van der Waals surface area (Å²) in [6, 6.07) is 0. The second kappa shape index (κ2) is 7.82. The Balaban J connectivity index is 1.57. The monoisotopic (exact) mass is 336 g/mol. The molecule has 0 radical (unpaired) electrons. The number of ether oxygens (including phenoxy) is 2. The van der Waals surface area contributed by atoms with Gasteiger partial charge in [-0.05, 0) is 0 Å². The Hall–Kier alpha value is -1.84. The lowest BCUT2D eigenvalue weighted by Gasteiger charge is -2.30. The third-order valence-electron chi connectivity index (χ3n) is 3.89. The Morgan fingerprint density at radius 3 is 3.00 bits per heavy atom. The number of aromatic nitrogens is 5. The highest BCUT2D eigenvalue weighted by Crippen LogP contribution is 2.21. The summed E-state index contributed by atoms with van der Waals surface area (Å²) < 4.78 is 16.2. The molecule has 132 valence electrons. The first kappa shape index (κ1) is 17.0. The van der Waals surface area contributed by atoms with Crippen molar-refractivity contribution in [2.24, 2.45) is 0 Å². The average Bonchev–Trinajstić information content (AvgIpc) is 3.23. The number of H-pyrrole nitrogens is 1. The predicted octanol–water partition coefficient (Wildman–Crippen LogP) is 1.07. The number of nitrogens with one attached hydrogen (secondary N) is 1. The number of aromatic amines is 1. The van der Waals surface area contributed by atoms with E-state index < -0.39 is 0 Å². The zero-order valence-corrected chi connectivity index (χ0v) is 14.4. The van der Waals surface area contributed by atoms with E-state index in [1.165, 1.54) is 0 Å². The molecule has 0 saturated carbocycles. The van der Waals surface area contributed by atoms with Gasteiger partial charge in [-0.1, -0.05) is 19.0 Å². The lowest BCUT2D eigenvalue weighted by Crippen LogP contribution is -2.38. The van der Waals surface area contributed by atoms with Gasteiger partial charge in [0.2, 0.25) is 5.89 Å². The summed E-state index contributed by atoms with van der Waals surface area (Å²) in [5.41, 5.74) is 0. The Bertz CT molecular complexity index is 641. The molecule has 0 bridgehead atoms. The van der Waals surface area contributed by atoms with E-state index in [1.54, 1.807) is 7.11 Å². The van der Waals surface area contributed by atoms with Gasteiger partial charge < -0.3 is 14.0 Å². The second-order valence-corrected chi connectivity index (χ2v) is 6.18. The first-order valence-electron chi connectivity index (χ1n) is 8.22. The van der Waals surface area contributed by atoms with Crippen LogP contribution >= 0.6 is 0 Å². The van der Waals surface area contributed by atoms with Crippen LogP contribution < -0.4 is 0 Å². The van der Waals surface area contributed by atoms with Crippen LogP contribution in [0.4, 0.5) is 0 Å². The number of rotatable bonds is 7. The van der Waals surface area contributed by atoms with E-state index in [1.807, 2.05) is 0 Å². The molecular weight excluding hydrogens is 312 g/mol. The van der Waals surface area contributed by atoms with Gasteiger partial charge in [0, 0.05) is 32.5 Å². The Morgan fingerprint density at radius 2 is 2.25 bits per heavy atom. The van der Waals surface area contributed by atoms with Crippen LogP contribution in [0.1, 0.15) is 49.2 Å². The highest BCUT2D eigenvalue weighted by Gasteiger charge is 2.26. The third-order valence-corrected chi connectivity index (χ3v) is 3.89. The molecule has 24 heavy (non-hydrogen) atoms. The summed E-state index contributed by atoms with van der Waals surface area (Å²) in [7, 11) is 1.66. The average molecular weight is 336 g/mol. The van der Waals surface area contributed by atoms with Crippen LogP contribution in [0.15, 0.2) is 4.52 Å². The highest BCUT2D eigenvalue weighted by atomic mass is 16.5. The van der Waals surface area contributed by atoms with E-state index in [9.17, 15) is 0 Å². The molecule has 1 fully saturated rings. The van der Waals surface area contributed by atoms with E-state index in [0.29, 0.717) is 50.4 Å². The maximum absolute atomic E-state index is 5.82. The molecule has 0 aromatic carbocycles. The van der Waals surface area contributed by atoms with Crippen molar-refractivity contribution >= 4 is 0 Å². The molecule has 0 spiro atoms. The van der Waals surface area contributed by atoms with Crippen LogP contribution in [-0.4, -0.2) is 63.6 Å².